The van der Waals surface area contributed by atoms with Gasteiger partial charge >= 0.3 is 6.18 Å². The fourth-order valence-electron chi connectivity index (χ4n) is 2.99. The molecule has 0 saturated carbocycles. The fraction of sp³-hybridized carbons (Fsp3) is 0.158. The summed E-state index contributed by atoms with van der Waals surface area (Å²) in [7, 11) is 0. The van der Waals surface area contributed by atoms with Crippen LogP contribution in [-0.4, -0.2) is 29.4 Å². The van der Waals surface area contributed by atoms with Gasteiger partial charge in [0.1, 0.15) is 11.2 Å². The number of ether oxygens (including phenoxy) is 1. The number of aryl methyl sites for hydroxylation is 1. The van der Waals surface area contributed by atoms with Crippen LogP contribution in [0.4, 0.5) is 13.2 Å². The molecule has 0 unspecified atom stereocenters. The third kappa shape index (κ3) is 3.26. The van der Waals surface area contributed by atoms with E-state index in [1.54, 1.807) is 30.6 Å². The molecule has 0 N–H and O–H groups in total. The topological polar surface area (TPSA) is 70.1 Å². The number of alkyl halides is 3. The van der Waals surface area contributed by atoms with Crippen molar-refractivity contribution in [1.82, 2.24) is 29.4 Å². The van der Waals surface area contributed by atoms with Gasteiger partial charge in [-0.3, -0.25) is 0 Å². The van der Waals surface area contributed by atoms with Crippen LogP contribution >= 0.6 is 11.3 Å². The standard InChI is InChI=1S/C19H13F3N6OS/c1-11-2-4-12(5-3-11)28-16(8-14(25-28)19(20,21)22)29-9-15-24-17-13-6-7-30-18(13)23-10-27(17)26-15/h2-8,10H,9H2,1H3. The van der Waals surface area contributed by atoms with Crippen molar-refractivity contribution in [3.8, 4) is 11.6 Å². The van der Waals surface area contributed by atoms with Gasteiger partial charge in [0, 0.05) is 6.07 Å². The predicted molar refractivity (Wildman–Crippen MR) is 104 cm³/mol. The smallest absolute Gasteiger partial charge is 0.435 e. The van der Waals surface area contributed by atoms with E-state index in [1.807, 2.05) is 18.4 Å². The second kappa shape index (κ2) is 6.80. The van der Waals surface area contributed by atoms with Crippen LogP contribution in [0.3, 0.4) is 0 Å². The molecule has 1 aromatic carbocycles. The fourth-order valence-corrected chi connectivity index (χ4v) is 3.71. The minimum absolute atomic E-state index is 0.0520. The van der Waals surface area contributed by atoms with E-state index in [0.29, 0.717) is 17.2 Å². The number of aromatic nitrogens is 6. The van der Waals surface area contributed by atoms with Crippen molar-refractivity contribution in [2.75, 3.05) is 0 Å². The Labute approximate surface area is 171 Å². The number of benzene rings is 1. The molecule has 0 aliphatic heterocycles. The first-order valence-electron chi connectivity index (χ1n) is 8.83. The van der Waals surface area contributed by atoms with Gasteiger partial charge in [-0.2, -0.15) is 18.3 Å². The molecule has 5 rings (SSSR count). The summed E-state index contributed by atoms with van der Waals surface area (Å²) in [6.45, 7) is 1.77. The molecule has 30 heavy (non-hydrogen) atoms. The summed E-state index contributed by atoms with van der Waals surface area (Å²) in [5, 5.41) is 10.7. The molecule has 11 heteroatoms. The summed E-state index contributed by atoms with van der Waals surface area (Å²) in [4.78, 5) is 9.56. The van der Waals surface area contributed by atoms with Gasteiger partial charge in [-0.1, -0.05) is 17.7 Å². The molecule has 0 aliphatic rings. The van der Waals surface area contributed by atoms with E-state index in [-0.39, 0.29) is 12.5 Å². The largest absolute Gasteiger partial charge is 0.469 e. The second-order valence-corrected chi connectivity index (χ2v) is 7.48. The lowest BCUT2D eigenvalue weighted by Crippen LogP contribution is -2.07. The van der Waals surface area contributed by atoms with Gasteiger partial charge in [0.15, 0.2) is 23.8 Å². The van der Waals surface area contributed by atoms with Gasteiger partial charge in [0.05, 0.1) is 11.1 Å². The number of rotatable bonds is 4. The highest BCUT2D eigenvalue weighted by Gasteiger charge is 2.35. The van der Waals surface area contributed by atoms with Crippen LogP contribution in [0.1, 0.15) is 17.1 Å². The van der Waals surface area contributed by atoms with Crippen LogP contribution < -0.4 is 4.74 Å². The van der Waals surface area contributed by atoms with Crippen molar-refractivity contribution < 1.29 is 17.9 Å². The summed E-state index contributed by atoms with van der Waals surface area (Å²) in [5.41, 5.74) is 1.01. The van der Waals surface area contributed by atoms with Crippen molar-refractivity contribution in [2.45, 2.75) is 19.7 Å². The zero-order chi connectivity index (χ0) is 20.9. The first kappa shape index (κ1) is 18.6. The normalized spacial score (nSPS) is 12.1. The second-order valence-electron chi connectivity index (χ2n) is 6.58. The van der Waals surface area contributed by atoms with E-state index >= 15 is 0 Å². The highest BCUT2D eigenvalue weighted by molar-refractivity contribution is 7.16. The Bertz CT molecular complexity index is 1350. The Morgan fingerprint density at radius 1 is 1.10 bits per heavy atom. The number of nitrogens with zero attached hydrogens (tertiary/aromatic N) is 6. The van der Waals surface area contributed by atoms with E-state index in [1.165, 1.54) is 15.9 Å². The van der Waals surface area contributed by atoms with Gasteiger partial charge in [0.2, 0.25) is 5.88 Å². The van der Waals surface area contributed by atoms with Crippen molar-refractivity contribution in [2.24, 2.45) is 0 Å². The average Bonchev–Trinajstić information content (AvgIpc) is 3.43. The SMILES string of the molecule is Cc1ccc(-n2nc(C(F)(F)F)cc2OCc2nc3c4ccsc4ncn3n2)cc1. The first-order valence-corrected chi connectivity index (χ1v) is 9.71. The number of fused-ring (bicyclic) bond motifs is 3. The lowest BCUT2D eigenvalue weighted by atomic mass is 10.2. The highest BCUT2D eigenvalue weighted by Crippen LogP contribution is 2.32. The first-order chi connectivity index (χ1) is 14.4. The van der Waals surface area contributed by atoms with Gasteiger partial charge in [0.25, 0.3) is 0 Å². The lowest BCUT2D eigenvalue weighted by molar-refractivity contribution is -0.141. The molecule has 0 amide bonds. The Morgan fingerprint density at radius 3 is 2.67 bits per heavy atom. The van der Waals surface area contributed by atoms with E-state index < -0.39 is 11.9 Å². The van der Waals surface area contributed by atoms with E-state index in [9.17, 15) is 13.2 Å². The number of hydrogen-bond acceptors (Lipinski definition) is 6. The third-order valence-corrected chi connectivity index (χ3v) is 5.26. The Kier molecular flexibility index (Phi) is 4.21. The zero-order valence-electron chi connectivity index (χ0n) is 15.5. The average molecular weight is 430 g/mol. The molecule has 4 aromatic heterocycles. The molecule has 5 aromatic rings. The maximum Gasteiger partial charge on any atom is 0.435 e. The molecular weight excluding hydrogens is 417 g/mol. The third-order valence-electron chi connectivity index (χ3n) is 4.44. The van der Waals surface area contributed by atoms with Crippen molar-refractivity contribution in [3.63, 3.8) is 0 Å². The van der Waals surface area contributed by atoms with E-state index in [4.69, 9.17) is 4.74 Å². The monoisotopic (exact) mass is 430 g/mol. The highest BCUT2D eigenvalue weighted by atomic mass is 32.1. The van der Waals surface area contributed by atoms with E-state index in [2.05, 4.69) is 20.2 Å². The van der Waals surface area contributed by atoms with Crippen LogP contribution in [0.5, 0.6) is 5.88 Å². The zero-order valence-corrected chi connectivity index (χ0v) is 16.3. The number of thiophene rings is 1. The summed E-state index contributed by atoms with van der Waals surface area (Å²) in [5.74, 6) is 0.268. The van der Waals surface area contributed by atoms with Gasteiger partial charge in [-0.25, -0.2) is 19.2 Å². The molecule has 152 valence electrons. The van der Waals surface area contributed by atoms with Crippen LogP contribution in [0.25, 0.3) is 21.6 Å². The van der Waals surface area contributed by atoms with Gasteiger partial charge < -0.3 is 4.74 Å². The van der Waals surface area contributed by atoms with Gasteiger partial charge in [-0.05, 0) is 30.5 Å². The molecule has 0 radical (unpaired) electrons. The summed E-state index contributed by atoms with van der Waals surface area (Å²) >= 11 is 1.49. The maximum atomic E-state index is 13.2. The Balaban J connectivity index is 1.48. The van der Waals surface area contributed by atoms with E-state index in [0.717, 1.165) is 26.5 Å². The van der Waals surface area contributed by atoms with Gasteiger partial charge in [-0.15, -0.1) is 16.4 Å². The minimum atomic E-state index is -4.59. The summed E-state index contributed by atoms with van der Waals surface area (Å²) < 4.78 is 47.9. The predicted octanol–water partition coefficient (Wildman–Crippen LogP) is 4.43. The molecule has 0 spiro atoms. The van der Waals surface area contributed by atoms with Crippen molar-refractivity contribution in [1.29, 1.82) is 0 Å². The molecule has 0 atom stereocenters. The van der Waals surface area contributed by atoms with Crippen LogP contribution in [0.2, 0.25) is 0 Å². The van der Waals surface area contributed by atoms with Crippen LogP contribution in [0, 0.1) is 6.92 Å². The molecule has 0 fully saturated rings. The molecule has 4 heterocycles. The van der Waals surface area contributed by atoms with Crippen molar-refractivity contribution in [3.05, 3.63) is 65.2 Å². The molecule has 0 aliphatic carbocycles. The lowest BCUT2D eigenvalue weighted by Gasteiger charge is -2.08. The minimum Gasteiger partial charge on any atom is -0.469 e. The van der Waals surface area contributed by atoms with Crippen LogP contribution in [-0.2, 0) is 12.8 Å². The summed E-state index contributed by atoms with van der Waals surface area (Å²) in [6, 6.07) is 9.70. The summed E-state index contributed by atoms with van der Waals surface area (Å²) in [6.07, 6.45) is -3.05. The number of hydrogen-bond donors (Lipinski definition) is 0. The maximum absolute atomic E-state index is 13.2. The molecule has 0 bridgehead atoms. The quantitative estimate of drug-likeness (QED) is 0.422. The molecular formula is C19H13F3N6OS. The molecule has 0 saturated heterocycles. The Morgan fingerprint density at radius 2 is 1.90 bits per heavy atom. The Hall–Kier alpha value is -3.47. The molecule has 7 nitrogen and oxygen atoms in total. The number of halogens is 3. The van der Waals surface area contributed by atoms with Crippen LogP contribution in [0.15, 0.2) is 48.1 Å². The van der Waals surface area contributed by atoms with Crippen molar-refractivity contribution >= 4 is 27.2 Å².